The number of hydrogen-bond acceptors (Lipinski definition) is 2. The molecule has 0 aliphatic heterocycles. The van der Waals surface area contributed by atoms with Crippen molar-refractivity contribution in [1.82, 2.24) is 4.98 Å². The van der Waals surface area contributed by atoms with E-state index in [1.54, 1.807) is 0 Å². The Morgan fingerprint density at radius 2 is 1.87 bits per heavy atom. The highest BCUT2D eigenvalue weighted by molar-refractivity contribution is 5.44. The summed E-state index contributed by atoms with van der Waals surface area (Å²) in [6, 6.07) is 6.15. The molecule has 0 bridgehead atoms. The fraction of sp³-hybridized carbons (Fsp3) is 0.679. The van der Waals surface area contributed by atoms with Gasteiger partial charge in [-0.25, -0.2) is 0 Å². The molecule has 30 heavy (non-hydrogen) atoms. The first-order chi connectivity index (χ1) is 14.4. The molecule has 1 aromatic heterocycles. The molecule has 1 unspecified atom stereocenters. The maximum absolute atomic E-state index is 10.2. The summed E-state index contributed by atoms with van der Waals surface area (Å²) in [5.74, 6) is 3.59. The smallest absolute Gasteiger partial charge is 0.0626 e. The van der Waals surface area contributed by atoms with Crippen LogP contribution in [0.5, 0.6) is 0 Å². The van der Waals surface area contributed by atoms with Crippen molar-refractivity contribution >= 4 is 6.08 Å². The van der Waals surface area contributed by atoms with E-state index in [-0.39, 0.29) is 6.10 Å². The lowest BCUT2D eigenvalue weighted by atomic mass is 9.47. The van der Waals surface area contributed by atoms with Crippen molar-refractivity contribution in [2.75, 3.05) is 0 Å². The van der Waals surface area contributed by atoms with Crippen LogP contribution in [0.1, 0.15) is 77.8 Å². The van der Waals surface area contributed by atoms with E-state index in [0.29, 0.717) is 22.7 Å². The van der Waals surface area contributed by atoms with Gasteiger partial charge < -0.3 is 5.11 Å². The van der Waals surface area contributed by atoms with Crippen LogP contribution in [-0.2, 0) is 0 Å². The first kappa shape index (κ1) is 20.5. The molecule has 0 aromatic carbocycles. The molecule has 2 nitrogen and oxygen atoms in total. The van der Waals surface area contributed by atoms with Gasteiger partial charge in [-0.05, 0) is 110 Å². The SMILES string of the molecule is C[C@H](/C=C/c1ccccn1)[C@H]1CC[C@H]2C3=CCC4C[C@@H](O)CC[C@]4(C)[C@H]3CC[C@]12C. The third-order valence-corrected chi connectivity index (χ3v) is 10.0. The molecule has 0 radical (unpaired) electrons. The van der Waals surface area contributed by atoms with Crippen molar-refractivity contribution in [2.24, 2.45) is 40.4 Å². The van der Waals surface area contributed by atoms with E-state index in [0.717, 1.165) is 36.3 Å². The van der Waals surface area contributed by atoms with Crippen molar-refractivity contribution in [3.05, 3.63) is 47.8 Å². The monoisotopic (exact) mass is 405 g/mol. The standard InChI is InChI=1S/C28H39NO/c1-19(7-9-21-6-4-5-17-29-21)24-11-12-25-23-10-8-20-18-22(30)13-15-27(20,2)26(23)14-16-28(24,25)3/h4-7,9-10,17,19-20,22,24-26,30H,8,11-16,18H2,1-3H3/b9-7+/t19-,20?,22+,24-,25+,26+,27+,28-/m1/s1. The lowest BCUT2D eigenvalue weighted by molar-refractivity contribution is -0.0414. The van der Waals surface area contributed by atoms with Gasteiger partial charge in [-0.15, -0.1) is 0 Å². The summed E-state index contributed by atoms with van der Waals surface area (Å²) in [4.78, 5) is 4.47. The lowest BCUT2D eigenvalue weighted by Crippen LogP contribution is -2.49. The summed E-state index contributed by atoms with van der Waals surface area (Å²) in [7, 11) is 0. The predicted octanol–water partition coefficient (Wildman–Crippen LogP) is 6.67. The number of rotatable bonds is 3. The lowest BCUT2D eigenvalue weighted by Gasteiger charge is -2.57. The van der Waals surface area contributed by atoms with Crippen LogP contribution in [0.25, 0.3) is 6.08 Å². The maximum atomic E-state index is 10.2. The van der Waals surface area contributed by atoms with Gasteiger partial charge in [-0.3, -0.25) is 4.98 Å². The fourth-order valence-electron chi connectivity index (χ4n) is 8.25. The highest BCUT2D eigenvalue weighted by Crippen LogP contribution is 2.66. The molecule has 162 valence electrons. The fourth-order valence-corrected chi connectivity index (χ4v) is 8.25. The van der Waals surface area contributed by atoms with Crippen LogP contribution in [0.15, 0.2) is 42.1 Å². The molecule has 0 saturated heterocycles. The van der Waals surface area contributed by atoms with Gasteiger partial charge in [-0.1, -0.05) is 44.6 Å². The van der Waals surface area contributed by atoms with Gasteiger partial charge in [0.25, 0.3) is 0 Å². The second-order valence-corrected chi connectivity index (χ2v) is 11.4. The average molecular weight is 406 g/mol. The number of aromatic nitrogens is 1. The van der Waals surface area contributed by atoms with Gasteiger partial charge in [0.1, 0.15) is 0 Å². The largest absolute Gasteiger partial charge is 0.393 e. The molecular formula is C28H39NO. The number of nitrogens with zero attached hydrogens (tertiary/aromatic N) is 1. The summed E-state index contributed by atoms with van der Waals surface area (Å²) >= 11 is 0. The molecule has 0 spiro atoms. The van der Waals surface area contributed by atoms with E-state index in [9.17, 15) is 5.11 Å². The molecule has 4 aliphatic rings. The molecule has 3 saturated carbocycles. The Kier molecular flexibility index (Phi) is 5.21. The van der Waals surface area contributed by atoms with Gasteiger partial charge >= 0.3 is 0 Å². The Morgan fingerprint density at radius 1 is 1.07 bits per heavy atom. The van der Waals surface area contributed by atoms with Crippen LogP contribution in [0, 0.1) is 40.4 Å². The van der Waals surface area contributed by atoms with Gasteiger partial charge in [0.05, 0.1) is 11.8 Å². The third kappa shape index (κ3) is 3.22. The normalized spacial score (nSPS) is 44.1. The second-order valence-electron chi connectivity index (χ2n) is 11.4. The van der Waals surface area contributed by atoms with E-state index in [1.165, 1.54) is 38.5 Å². The van der Waals surface area contributed by atoms with Gasteiger partial charge in [0, 0.05) is 6.20 Å². The van der Waals surface area contributed by atoms with Crippen LogP contribution in [-0.4, -0.2) is 16.2 Å². The zero-order chi connectivity index (χ0) is 20.9. The molecule has 3 fully saturated rings. The molecule has 1 heterocycles. The van der Waals surface area contributed by atoms with Crippen molar-refractivity contribution < 1.29 is 5.11 Å². The zero-order valence-corrected chi connectivity index (χ0v) is 19.1. The molecular weight excluding hydrogens is 366 g/mol. The van der Waals surface area contributed by atoms with E-state index < -0.39 is 0 Å². The maximum Gasteiger partial charge on any atom is 0.0626 e. The number of aliphatic hydroxyl groups excluding tert-OH is 1. The summed E-state index contributed by atoms with van der Waals surface area (Å²) in [5, 5.41) is 10.2. The summed E-state index contributed by atoms with van der Waals surface area (Å²) in [6.45, 7) is 7.60. The summed E-state index contributed by atoms with van der Waals surface area (Å²) in [6.07, 6.45) is 19.0. The molecule has 1 N–H and O–H groups in total. The van der Waals surface area contributed by atoms with Crippen LogP contribution >= 0.6 is 0 Å². The Hall–Kier alpha value is -1.41. The molecule has 4 aliphatic carbocycles. The number of hydrogen-bond donors (Lipinski definition) is 1. The van der Waals surface area contributed by atoms with Crippen LogP contribution in [0.4, 0.5) is 0 Å². The van der Waals surface area contributed by atoms with Crippen molar-refractivity contribution in [3.63, 3.8) is 0 Å². The Morgan fingerprint density at radius 3 is 2.67 bits per heavy atom. The minimum absolute atomic E-state index is 0.0607. The third-order valence-electron chi connectivity index (χ3n) is 10.0. The minimum Gasteiger partial charge on any atom is -0.393 e. The van der Waals surface area contributed by atoms with Crippen molar-refractivity contribution in [1.29, 1.82) is 0 Å². The van der Waals surface area contributed by atoms with E-state index >= 15 is 0 Å². The first-order valence-corrected chi connectivity index (χ1v) is 12.4. The van der Waals surface area contributed by atoms with Crippen LogP contribution < -0.4 is 0 Å². The first-order valence-electron chi connectivity index (χ1n) is 12.4. The van der Waals surface area contributed by atoms with Crippen LogP contribution in [0.3, 0.4) is 0 Å². The van der Waals surface area contributed by atoms with E-state index in [1.807, 2.05) is 17.8 Å². The van der Waals surface area contributed by atoms with E-state index in [2.05, 4.69) is 56.1 Å². The van der Waals surface area contributed by atoms with Gasteiger partial charge in [0.15, 0.2) is 0 Å². The average Bonchev–Trinajstić information content (AvgIpc) is 3.10. The summed E-state index contributed by atoms with van der Waals surface area (Å²) in [5.41, 5.74) is 3.75. The molecule has 5 rings (SSSR count). The number of pyridine rings is 1. The second kappa shape index (κ2) is 7.62. The minimum atomic E-state index is -0.0607. The number of allylic oxidation sites excluding steroid dienone is 3. The van der Waals surface area contributed by atoms with Crippen molar-refractivity contribution in [3.8, 4) is 0 Å². The summed E-state index contributed by atoms with van der Waals surface area (Å²) < 4.78 is 0. The highest BCUT2D eigenvalue weighted by Gasteiger charge is 2.57. The molecule has 0 amide bonds. The Bertz CT molecular complexity index is 828. The Labute approximate surface area is 182 Å². The highest BCUT2D eigenvalue weighted by atomic mass is 16.3. The Balaban J connectivity index is 1.37. The molecule has 2 heteroatoms. The zero-order valence-electron chi connectivity index (χ0n) is 19.1. The van der Waals surface area contributed by atoms with E-state index in [4.69, 9.17) is 0 Å². The van der Waals surface area contributed by atoms with Crippen molar-refractivity contribution in [2.45, 2.75) is 78.2 Å². The molecule has 1 aromatic rings. The quantitative estimate of drug-likeness (QED) is 0.570. The van der Waals surface area contributed by atoms with Gasteiger partial charge in [0.2, 0.25) is 0 Å². The predicted molar refractivity (Wildman–Crippen MR) is 124 cm³/mol. The number of aliphatic hydroxyl groups is 1. The van der Waals surface area contributed by atoms with Crippen LogP contribution in [0.2, 0.25) is 0 Å². The number of fused-ring (bicyclic) bond motifs is 5. The molecule has 8 atom stereocenters. The van der Waals surface area contributed by atoms with Gasteiger partial charge in [-0.2, -0.15) is 0 Å². The topological polar surface area (TPSA) is 33.1 Å².